The zero-order chi connectivity index (χ0) is 12.3. The van der Waals surface area contributed by atoms with E-state index < -0.39 is 0 Å². The van der Waals surface area contributed by atoms with Crippen LogP contribution in [0.15, 0.2) is 6.20 Å². The van der Waals surface area contributed by atoms with Crippen LogP contribution in [0.5, 0.6) is 0 Å². The first-order valence-corrected chi connectivity index (χ1v) is 5.75. The van der Waals surface area contributed by atoms with Gasteiger partial charge in [-0.2, -0.15) is 5.10 Å². The molecule has 0 saturated heterocycles. The second-order valence-corrected chi connectivity index (χ2v) is 4.84. The molecule has 1 amide bonds. The quantitative estimate of drug-likeness (QED) is 0.757. The van der Waals surface area contributed by atoms with Crippen molar-refractivity contribution in [2.45, 2.75) is 25.6 Å². The lowest BCUT2D eigenvalue weighted by Crippen LogP contribution is -2.29. The largest absolute Gasteiger partial charge is 0.342 e. The lowest BCUT2D eigenvalue weighted by Gasteiger charge is -2.17. The molecule has 5 heteroatoms. The molecule has 90 valence electrons. The smallest absolute Gasteiger partial charge is 0.257 e. The summed E-state index contributed by atoms with van der Waals surface area (Å²) in [6.07, 6.45) is 2.54. The lowest BCUT2D eigenvalue weighted by atomic mass is 10.2. The Hall–Kier alpha value is -1.03. The molecule has 0 aliphatic heterocycles. The zero-order valence-corrected chi connectivity index (χ0v) is 11.0. The molecule has 0 N–H and O–H groups in total. The van der Waals surface area contributed by atoms with Gasteiger partial charge in [0.1, 0.15) is 0 Å². The third-order valence-electron chi connectivity index (χ3n) is 2.45. The van der Waals surface area contributed by atoms with Crippen molar-refractivity contribution in [2.24, 2.45) is 7.05 Å². The van der Waals surface area contributed by atoms with Crippen LogP contribution in [-0.4, -0.2) is 39.6 Å². The van der Waals surface area contributed by atoms with Crippen LogP contribution in [0.1, 0.15) is 29.4 Å². The van der Waals surface area contributed by atoms with Crippen molar-refractivity contribution >= 4 is 17.5 Å². The summed E-state index contributed by atoms with van der Waals surface area (Å²) in [5.41, 5.74) is 1.42. The van der Waals surface area contributed by atoms with Crippen LogP contribution in [-0.2, 0) is 7.05 Å². The Labute approximate surface area is 101 Å². The first kappa shape index (κ1) is 13.0. The number of aryl methyl sites for hydroxylation is 2. The second kappa shape index (κ2) is 5.34. The van der Waals surface area contributed by atoms with Gasteiger partial charge in [0.05, 0.1) is 11.3 Å². The zero-order valence-electron chi connectivity index (χ0n) is 10.2. The van der Waals surface area contributed by atoms with Crippen molar-refractivity contribution < 1.29 is 4.79 Å². The summed E-state index contributed by atoms with van der Waals surface area (Å²) in [5.74, 6) is 0.00270. The molecule has 1 atom stereocenters. The topological polar surface area (TPSA) is 38.1 Å². The highest BCUT2D eigenvalue weighted by molar-refractivity contribution is 6.20. The van der Waals surface area contributed by atoms with Crippen molar-refractivity contribution in [2.75, 3.05) is 13.6 Å². The summed E-state index contributed by atoms with van der Waals surface area (Å²) < 4.78 is 1.65. The molecule has 4 nitrogen and oxygen atoms in total. The van der Waals surface area contributed by atoms with E-state index >= 15 is 0 Å². The number of rotatable bonds is 4. The van der Waals surface area contributed by atoms with Crippen molar-refractivity contribution in [1.29, 1.82) is 0 Å². The van der Waals surface area contributed by atoms with Gasteiger partial charge in [-0.05, 0) is 20.3 Å². The van der Waals surface area contributed by atoms with Crippen LogP contribution in [0, 0.1) is 6.92 Å². The van der Waals surface area contributed by atoms with E-state index in [0.29, 0.717) is 12.1 Å². The highest BCUT2D eigenvalue weighted by Gasteiger charge is 2.16. The van der Waals surface area contributed by atoms with Gasteiger partial charge in [-0.1, -0.05) is 0 Å². The number of carbonyl (C=O) groups is 1. The SMILES string of the molecule is Cc1nn(C)cc1C(=O)N(C)CCC(C)Cl. The molecule has 0 aliphatic carbocycles. The summed E-state index contributed by atoms with van der Waals surface area (Å²) in [5, 5.41) is 4.24. The number of alkyl halides is 1. The fraction of sp³-hybridized carbons (Fsp3) is 0.636. The number of aromatic nitrogens is 2. The monoisotopic (exact) mass is 243 g/mol. The Morgan fingerprint density at radius 2 is 2.31 bits per heavy atom. The number of hydrogen-bond acceptors (Lipinski definition) is 2. The van der Waals surface area contributed by atoms with Gasteiger partial charge in [0.15, 0.2) is 0 Å². The molecular formula is C11H18ClN3O. The van der Waals surface area contributed by atoms with Gasteiger partial charge in [0.2, 0.25) is 0 Å². The number of amides is 1. The van der Waals surface area contributed by atoms with Crippen LogP contribution in [0.4, 0.5) is 0 Å². The highest BCUT2D eigenvalue weighted by Crippen LogP contribution is 2.09. The summed E-state index contributed by atoms with van der Waals surface area (Å²) in [4.78, 5) is 13.7. The van der Waals surface area contributed by atoms with Crippen molar-refractivity contribution in [3.05, 3.63) is 17.5 Å². The Balaban J connectivity index is 2.67. The molecule has 1 aromatic rings. The van der Waals surface area contributed by atoms with E-state index in [0.717, 1.165) is 12.1 Å². The first-order valence-electron chi connectivity index (χ1n) is 5.31. The first-order chi connectivity index (χ1) is 7.41. The molecular weight excluding hydrogens is 226 g/mol. The fourth-order valence-electron chi connectivity index (χ4n) is 1.49. The van der Waals surface area contributed by atoms with E-state index in [1.807, 2.05) is 20.9 Å². The average molecular weight is 244 g/mol. The number of hydrogen-bond donors (Lipinski definition) is 0. The van der Waals surface area contributed by atoms with Crippen LogP contribution in [0.3, 0.4) is 0 Å². The fourth-order valence-corrected chi connectivity index (χ4v) is 1.59. The van der Waals surface area contributed by atoms with Crippen LogP contribution >= 0.6 is 11.6 Å². The third kappa shape index (κ3) is 3.23. The van der Waals surface area contributed by atoms with Crippen LogP contribution in [0.2, 0.25) is 0 Å². The maximum Gasteiger partial charge on any atom is 0.257 e. The molecule has 0 aliphatic rings. The Kier molecular flexibility index (Phi) is 4.35. The molecule has 0 spiro atoms. The molecule has 0 saturated carbocycles. The lowest BCUT2D eigenvalue weighted by molar-refractivity contribution is 0.0793. The standard InChI is InChI=1S/C11H18ClN3O/c1-8(12)5-6-14(3)11(16)10-7-15(4)13-9(10)2/h7-8H,5-6H2,1-4H3. The van der Waals surface area contributed by atoms with Gasteiger partial charge in [-0.3, -0.25) is 9.48 Å². The summed E-state index contributed by atoms with van der Waals surface area (Å²) in [7, 11) is 3.60. The second-order valence-electron chi connectivity index (χ2n) is 4.10. The van der Waals surface area contributed by atoms with E-state index in [9.17, 15) is 4.79 Å². The molecule has 1 heterocycles. The van der Waals surface area contributed by atoms with Gasteiger partial charge >= 0.3 is 0 Å². The predicted molar refractivity (Wildman–Crippen MR) is 64.8 cm³/mol. The van der Waals surface area contributed by atoms with Crippen molar-refractivity contribution in [3.63, 3.8) is 0 Å². The van der Waals surface area contributed by atoms with Crippen molar-refractivity contribution in [3.8, 4) is 0 Å². The average Bonchev–Trinajstić information content (AvgIpc) is 2.53. The predicted octanol–water partition coefficient (Wildman–Crippen LogP) is 1.82. The number of halogens is 1. The van der Waals surface area contributed by atoms with Crippen LogP contribution in [0.25, 0.3) is 0 Å². The van der Waals surface area contributed by atoms with E-state index in [1.54, 1.807) is 22.8 Å². The molecule has 0 radical (unpaired) electrons. The van der Waals surface area contributed by atoms with Gasteiger partial charge in [0.25, 0.3) is 5.91 Å². The van der Waals surface area contributed by atoms with E-state index in [4.69, 9.17) is 11.6 Å². The Bertz CT molecular complexity index is 373. The van der Waals surface area contributed by atoms with Crippen molar-refractivity contribution in [1.82, 2.24) is 14.7 Å². The maximum absolute atomic E-state index is 12.0. The van der Waals surface area contributed by atoms with E-state index in [2.05, 4.69) is 5.10 Å². The molecule has 16 heavy (non-hydrogen) atoms. The molecule has 1 aromatic heterocycles. The van der Waals surface area contributed by atoms with Gasteiger partial charge in [-0.25, -0.2) is 0 Å². The van der Waals surface area contributed by atoms with Gasteiger partial charge in [0, 0.05) is 32.2 Å². The molecule has 0 fully saturated rings. The normalized spacial score (nSPS) is 12.6. The summed E-state index contributed by atoms with van der Waals surface area (Å²) >= 11 is 5.85. The molecule has 0 bridgehead atoms. The maximum atomic E-state index is 12.0. The number of carbonyl (C=O) groups excluding carboxylic acids is 1. The minimum absolute atomic E-state index is 0.00270. The third-order valence-corrected chi connectivity index (χ3v) is 2.67. The highest BCUT2D eigenvalue weighted by atomic mass is 35.5. The van der Waals surface area contributed by atoms with Crippen LogP contribution < -0.4 is 0 Å². The van der Waals surface area contributed by atoms with Gasteiger partial charge < -0.3 is 4.90 Å². The Morgan fingerprint density at radius 1 is 1.69 bits per heavy atom. The minimum Gasteiger partial charge on any atom is -0.342 e. The van der Waals surface area contributed by atoms with Gasteiger partial charge in [-0.15, -0.1) is 11.6 Å². The molecule has 1 rings (SSSR count). The Morgan fingerprint density at radius 3 is 2.75 bits per heavy atom. The molecule has 1 unspecified atom stereocenters. The molecule has 0 aromatic carbocycles. The van der Waals surface area contributed by atoms with E-state index in [-0.39, 0.29) is 11.3 Å². The number of nitrogens with zero attached hydrogens (tertiary/aromatic N) is 3. The summed E-state index contributed by atoms with van der Waals surface area (Å²) in [6.45, 7) is 4.43. The van der Waals surface area contributed by atoms with E-state index in [1.165, 1.54) is 0 Å². The minimum atomic E-state index is 0.00270. The summed E-state index contributed by atoms with van der Waals surface area (Å²) in [6, 6.07) is 0.